The van der Waals surface area contributed by atoms with Gasteiger partial charge in [0.25, 0.3) is 5.91 Å². The molecule has 0 aliphatic heterocycles. The molecule has 5 rings (SSSR count). The number of aromatic nitrogens is 3. The Morgan fingerprint density at radius 1 is 1.12 bits per heavy atom. The number of fused-ring (bicyclic) bond motifs is 1. The van der Waals surface area contributed by atoms with Gasteiger partial charge in [0.1, 0.15) is 17.2 Å². The molecule has 7 heteroatoms. The van der Waals surface area contributed by atoms with Crippen LogP contribution in [0.4, 0.5) is 4.39 Å². The largest absolute Gasteiger partial charge is 0.391 e. The van der Waals surface area contributed by atoms with Gasteiger partial charge in [-0.3, -0.25) is 9.78 Å². The molecule has 3 heterocycles. The van der Waals surface area contributed by atoms with Crippen molar-refractivity contribution >= 4 is 11.4 Å². The Hall–Kier alpha value is -3.58. The van der Waals surface area contributed by atoms with Crippen LogP contribution in [0.5, 0.6) is 0 Å². The third kappa shape index (κ3) is 4.50. The van der Waals surface area contributed by atoms with Crippen LogP contribution in [0.15, 0.2) is 67.0 Å². The number of hydrogen-bond donors (Lipinski definition) is 2. The maximum atomic E-state index is 14.0. The van der Waals surface area contributed by atoms with Gasteiger partial charge in [0.05, 0.1) is 17.7 Å². The van der Waals surface area contributed by atoms with Gasteiger partial charge < -0.3 is 10.4 Å². The van der Waals surface area contributed by atoms with Gasteiger partial charge in [-0.1, -0.05) is 37.1 Å². The summed E-state index contributed by atoms with van der Waals surface area (Å²) in [7, 11) is 0. The van der Waals surface area contributed by atoms with E-state index in [1.54, 1.807) is 16.8 Å². The van der Waals surface area contributed by atoms with E-state index in [1.807, 2.05) is 48.7 Å². The SMILES string of the molecule is O=C(N[C@@H]1CCCC[C@H]1O)c1cc(Cc2ccc(-c3ncccc3F)cc2)c2cccn2n1. The quantitative estimate of drug-likeness (QED) is 0.485. The average Bonchev–Trinajstić information content (AvgIpc) is 3.31. The molecule has 6 nitrogen and oxygen atoms in total. The first-order chi connectivity index (χ1) is 16.1. The first-order valence-electron chi connectivity index (χ1n) is 11.2. The lowest BCUT2D eigenvalue weighted by molar-refractivity contribution is 0.0713. The summed E-state index contributed by atoms with van der Waals surface area (Å²) < 4.78 is 15.8. The van der Waals surface area contributed by atoms with Crippen molar-refractivity contribution in [3.05, 3.63) is 89.6 Å². The van der Waals surface area contributed by atoms with E-state index in [-0.39, 0.29) is 17.8 Å². The lowest BCUT2D eigenvalue weighted by Gasteiger charge is -2.28. The second-order valence-corrected chi connectivity index (χ2v) is 8.53. The molecule has 1 fully saturated rings. The van der Waals surface area contributed by atoms with E-state index in [9.17, 15) is 14.3 Å². The molecule has 4 aromatic rings. The average molecular weight is 445 g/mol. The molecule has 2 N–H and O–H groups in total. The van der Waals surface area contributed by atoms with E-state index in [2.05, 4.69) is 15.4 Å². The highest BCUT2D eigenvalue weighted by Gasteiger charge is 2.25. The number of hydrogen-bond acceptors (Lipinski definition) is 4. The number of aliphatic hydroxyl groups is 1. The van der Waals surface area contributed by atoms with Gasteiger partial charge in [-0.05, 0) is 60.7 Å². The third-order valence-electron chi connectivity index (χ3n) is 6.24. The highest BCUT2D eigenvalue weighted by atomic mass is 19.1. The number of rotatable bonds is 5. The molecule has 0 unspecified atom stereocenters. The standard InChI is InChI=1S/C26H25FN4O2/c27-20-5-3-13-28-25(20)18-11-9-17(10-12-18)15-19-16-22(30-31-14-4-7-23(19)31)26(33)29-21-6-1-2-8-24(21)32/h3-5,7,9-14,16,21,24,32H,1-2,6,8,15H2,(H,29,33)/t21-,24-/m1/s1. The Morgan fingerprint density at radius 2 is 1.94 bits per heavy atom. The molecular weight excluding hydrogens is 419 g/mol. The van der Waals surface area contributed by atoms with Gasteiger partial charge >= 0.3 is 0 Å². The van der Waals surface area contributed by atoms with E-state index in [4.69, 9.17) is 0 Å². The normalized spacial score (nSPS) is 18.4. The monoisotopic (exact) mass is 444 g/mol. The van der Waals surface area contributed by atoms with Crippen LogP contribution in [0, 0.1) is 5.82 Å². The Bertz CT molecular complexity index is 1290. The molecule has 1 amide bonds. The van der Waals surface area contributed by atoms with Crippen LogP contribution >= 0.6 is 0 Å². The first-order valence-corrected chi connectivity index (χ1v) is 11.2. The summed E-state index contributed by atoms with van der Waals surface area (Å²) in [4.78, 5) is 17.1. The molecular formula is C26H25FN4O2. The first kappa shape index (κ1) is 21.3. The number of carbonyl (C=O) groups is 1. The molecule has 0 saturated heterocycles. The van der Waals surface area contributed by atoms with Crippen molar-refractivity contribution in [3.63, 3.8) is 0 Å². The summed E-state index contributed by atoms with van der Waals surface area (Å²) in [6.07, 6.45) is 6.93. The van der Waals surface area contributed by atoms with Crippen molar-refractivity contribution in [1.82, 2.24) is 19.9 Å². The molecule has 168 valence electrons. The smallest absolute Gasteiger partial charge is 0.272 e. The fourth-order valence-corrected chi connectivity index (χ4v) is 4.47. The van der Waals surface area contributed by atoms with Gasteiger partial charge in [0.2, 0.25) is 0 Å². The number of carbonyl (C=O) groups excluding carboxylic acids is 1. The van der Waals surface area contributed by atoms with E-state index in [0.717, 1.165) is 35.9 Å². The highest BCUT2D eigenvalue weighted by molar-refractivity contribution is 5.93. The maximum absolute atomic E-state index is 14.0. The Morgan fingerprint density at radius 3 is 2.73 bits per heavy atom. The van der Waals surface area contributed by atoms with Crippen LogP contribution in [0.25, 0.3) is 16.8 Å². The summed E-state index contributed by atoms with van der Waals surface area (Å²) in [6.45, 7) is 0. The second-order valence-electron chi connectivity index (χ2n) is 8.53. The molecule has 1 saturated carbocycles. The number of aliphatic hydroxyl groups excluding tert-OH is 1. The summed E-state index contributed by atoms with van der Waals surface area (Å²) in [5.74, 6) is -0.633. The predicted molar refractivity (Wildman–Crippen MR) is 123 cm³/mol. The van der Waals surface area contributed by atoms with E-state index >= 15 is 0 Å². The lowest BCUT2D eigenvalue weighted by Crippen LogP contribution is -2.45. The summed E-state index contributed by atoms with van der Waals surface area (Å²) in [5.41, 5.74) is 4.26. The summed E-state index contributed by atoms with van der Waals surface area (Å²) in [6, 6.07) is 16.0. The van der Waals surface area contributed by atoms with Crippen molar-refractivity contribution < 1.29 is 14.3 Å². The highest BCUT2D eigenvalue weighted by Crippen LogP contribution is 2.23. The summed E-state index contributed by atoms with van der Waals surface area (Å²) in [5, 5.41) is 17.6. The Labute approximate surface area is 191 Å². The second kappa shape index (κ2) is 9.11. The zero-order chi connectivity index (χ0) is 22.8. The van der Waals surface area contributed by atoms with Crippen LogP contribution in [0.3, 0.4) is 0 Å². The molecule has 33 heavy (non-hydrogen) atoms. The van der Waals surface area contributed by atoms with Gasteiger partial charge in [-0.15, -0.1) is 0 Å². The van der Waals surface area contributed by atoms with Gasteiger partial charge in [-0.2, -0.15) is 5.10 Å². The number of amides is 1. The minimum Gasteiger partial charge on any atom is -0.391 e. The van der Waals surface area contributed by atoms with Crippen LogP contribution in [0.2, 0.25) is 0 Å². The van der Waals surface area contributed by atoms with Crippen LogP contribution in [-0.4, -0.2) is 37.8 Å². The zero-order valence-corrected chi connectivity index (χ0v) is 18.1. The molecule has 3 aromatic heterocycles. The van der Waals surface area contributed by atoms with E-state index < -0.39 is 6.10 Å². The molecule has 0 radical (unpaired) electrons. The molecule has 2 atom stereocenters. The topological polar surface area (TPSA) is 79.5 Å². The van der Waals surface area contributed by atoms with Crippen LogP contribution in [-0.2, 0) is 6.42 Å². The van der Waals surface area contributed by atoms with Crippen molar-refractivity contribution in [2.75, 3.05) is 0 Å². The van der Waals surface area contributed by atoms with Crippen molar-refractivity contribution in [2.24, 2.45) is 0 Å². The van der Waals surface area contributed by atoms with Crippen molar-refractivity contribution in [1.29, 1.82) is 0 Å². The number of pyridine rings is 1. The number of halogens is 1. The summed E-state index contributed by atoms with van der Waals surface area (Å²) >= 11 is 0. The number of nitrogens with one attached hydrogen (secondary N) is 1. The van der Waals surface area contributed by atoms with Gasteiger partial charge in [0.15, 0.2) is 0 Å². The van der Waals surface area contributed by atoms with Gasteiger partial charge in [0, 0.05) is 18.0 Å². The fourth-order valence-electron chi connectivity index (χ4n) is 4.47. The van der Waals surface area contributed by atoms with E-state index in [1.165, 1.54) is 6.07 Å². The zero-order valence-electron chi connectivity index (χ0n) is 18.1. The molecule has 0 bridgehead atoms. The predicted octanol–water partition coefficient (Wildman–Crippen LogP) is 4.16. The van der Waals surface area contributed by atoms with Crippen LogP contribution < -0.4 is 5.32 Å². The van der Waals surface area contributed by atoms with E-state index in [0.29, 0.717) is 29.8 Å². The minimum atomic E-state index is -0.514. The lowest BCUT2D eigenvalue weighted by atomic mass is 9.92. The molecule has 1 aromatic carbocycles. The number of nitrogens with zero attached hydrogens (tertiary/aromatic N) is 3. The van der Waals surface area contributed by atoms with Crippen molar-refractivity contribution in [3.8, 4) is 11.3 Å². The third-order valence-corrected chi connectivity index (χ3v) is 6.24. The fraction of sp³-hybridized carbons (Fsp3) is 0.269. The Balaban J connectivity index is 1.39. The Kier molecular flexibility index (Phi) is 5.88. The van der Waals surface area contributed by atoms with Crippen molar-refractivity contribution in [2.45, 2.75) is 44.2 Å². The minimum absolute atomic E-state index is 0.239. The van der Waals surface area contributed by atoms with Crippen LogP contribution in [0.1, 0.15) is 47.3 Å². The molecule has 1 aliphatic rings. The molecule has 1 aliphatic carbocycles. The maximum Gasteiger partial charge on any atom is 0.272 e. The van der Waals surface area contributed by atoms with Gasteiger partial charge in [-0.25, -0.2) is 8.91 Å². The molecule has 0 spiro atoms. The number of benzene rings is 1.